The van der Waals surface area contributed by atoms with E-state index in [0.717, 1.165) is 32.6 Å². The van der Waals surface area contributed by atoms with E-state index in [9.17, 15) is 0 Å². The van der Waals surface area contributed by atoms with Crippen LogP contribution in [0.4, 0.5) is 0 Å². The minimum atomic E-state index is 1.06. The van der Waals surface area contributed by atoms with Crippen LogP contribution in [0.1, 0.15) is 67.5 Å². The van der Waals surface area contributed by atoms with Crippen molar-refractivity contribution in [1.29, 1.82) is 0 Å². The third kappa shape index (κ3) is 5.69. The van der Waals surface area contributed by atoms with Crippen molar-refractivity contribution in [3.63, 3.8) is 0 Å². The van der Waals surface area contributed by atoms with Crippen molar-refractivity contribution in [2.24, 2.45) is 0 Å². The lowest BCUT2D eigenvalue weighted by molar-refractivity contribution is 0.643. The molecule has 0 fully saturated rings. The lowest BCUT2D eigenvalue weighted by atomic mass is 9.98. The molecule has 2 aliphatic rings. The van der Waals surface area contributed by atoms with E-state index >= 15 is 0 Å². The monoisotopic (exact) mass is 352 g/mol. The molecule has 0 amide bonds. The zero-order valence-corrected chi connectivity index (χ0v) is 17.1. The van der Waals surface area contributed by atoms with E-state index in [1.807, 2.05) is 13.8 Å². The first kappa shape index (κ1) is 20.7. The van der Waals surface area contributed by atoms with Crippen molar-refractivity contribution >= 4 is 0 Å². The minimum absolute atomic E-state index is 1.06. The molecule has 2 nitrogen and oxygen atoms in total. The van der Waals surface area contributed by atoms with Crippen LogP contribution in [0.25, 0.3) is 0 Å². The molecule has 142 valence electrons. The molecule has 2 N–H and O–H groups in total. The summed E-state index contributed by atoms with van der Waals surface area (Å²) in [5.41, 5.74) is 8.96. The number of rotatable bonds is 3. The number of nitrogens with one attached hydrogen (secondary N) is 2. The molecule has 4 rings (SSSR count). The first-order valence-electron chi connectivity index (χ1n) is 10.4. The van der Waals surface area contributed by atoms with Crippen LogP contribution in [0.2, 0.25) is 0 Å². The van der Waals surface area contributed by atoms with Crippen molar-refractivity contribution in [3.8, 4) is 0 Å². The lowest BCUT2D eigenvalue weighted by Crippen LogP contribution is -2.23. The van der Waals surface area contributed by atoms with Gasteiger partial charge in [0.2, 0.25) is 0 Å². The number of benzene rings is 2. The van der Waals surface area contributed by atoms with E-state index in [2.05, 4.69) is 60.9 Å². The molecule has 0 aliphatic carbocycles. The van der Waals surface area contributed by atoms with Crippen molar-refractivity contribution < 1.29 is 0 Å². The van der Waals surface area contributed by atoms with Crippen molar-refractivity contribution in [2.45, 2.75) is 73.0 Å². The molecule has 0 unspecified atom stereocenters. The van der Waals surface area contributed by atoms with Gasteiger partial charge in [0.05, 0.1) is 0 Å². The molecule has 0 bridgehead atoms. The molecule has 0 saturated carbocycles. The summed E-state index contributed by atoms with van der Waals surface area (Å²) in [5.74, 6) is 0. The molecule has 2 aliphatic heterocycles. The zero-order chi connectivity index (χ0) is 18.8. The fraction of sp³-hybridized carbons (Fsp3) is 0.500. The van der Waals surface area contributed by atoms with E-state index in [1.54, 1.807) is 0 Å². The Kier molecular flexibility index (Phi) is 8.87. The predicted octanol–water partition coefficient (Wildman–Crippen LogP) is 5.16. The molecule has 0 saturated heterocycles. The Bertz CT molecular complexity index is 676. The summed E-state index contributed by atoms with van der Waals surface area (Å²) in [6.45, 7) is 12.7. The Balaban J connectivity index is 0.000000171. The maximum Gasteiger partial charge on any atom is 0.0212 e. The molecule has 0 radical (unpaired) electrons. The van der Waals surface area contributed by atoms with Crippen LogP contribution in [0.3, 0.4) is 0 Å². The summed E-state index contributed by atoms with van der Waals surface area (Å²) in [7, 11) is 0. The summed E-state index contributed by atoms with van der Waals surface area (Å²) in [6, 6.07) is 13.7. The Morgan fingerprint density at radius 2 is 1.35 bits per heavy atom. The maximum absolute atomic E-state index is 3.39. The van der Waals surface area contributed by atoms with Gasteiger partial charge in [-0.05, 0) is 59.2 Å². The minimum Gasteiger partial charge on any atom is -0.312 e. The van der Waals surface area contributed by atoms with Gasteiger partial charge in [0.25, 0.3) is 0 Å². The normalized spacial score (nSPS) is 14.3. The van der Waals surface area contributed by atoms with E-state index in [-0.39, 0.29) is 0 Å². The highest BCUT2D eigenvalue weighted by Gasteiger charge is 2.09. The van der Waals surface area contributed by atoms with Gasteiger partial charge < -0.3 is 10.6 Å². The quantitative estimate of drug-likeness (QED) is 0.797. The van der Waals surface area contributed by atoms with Gasteiger partial charge in [-0.2, -0.15) is 0 Å². The van der Waals surface area contributed by atoms with E-state index in [4.69, 9.17) is 0 Å². The van der Waals surface area contributed by atoms with E-state index < -0.39 is 0 Å². The van der Waals surface area contributed by atoms with Gasteiger partial charge in [0, 0.05) is 19.6 Å². The first-order chi connectivity index (χ1) is 12.8. The van der Waals surface area contributed by atoms with Gasteiger partial charge in [0.1, 0.15) is 0 Å². The second kappa shape index (κ2) is 11.2. The van der Waals surface area contributed by atoms with Crippen LogP contribution in [-0.2, 0) is 38.9 Å². The van der Waals surface area contributed by atoms with Crippen LogP contribution < -0.4 is 10.6 Å². The molecule has 26 heavy (non-hydrogen) atoms. The van der Waals surface area contributed by atoms with Crippen molar-refractivity contribution in [3.05, 3.63) is 69.8 Å². The van der Waals surface area contributed by atoms with Crippen LogP contribution in [-0.4, -0.2) is 6.54 Å². The summed E-state index contributed by atoms with van der Waals surface area (Å²) >= 11 is 0. The Hall–Kier alpha value is -1.64. The highest BCUT2D eigenvalue weighted by atomic mass is 14.9. The average Bonchev–Trinajstić information content (AvgIpc) is 3.18. The smallest absolute Gasteiger partial charge is 0.0212 e. The Morgan fingerprint density at radius 1 is 0.731 bits per heavy atom. The van der Waals surface area contributed by atoms with Gasteiger partial charge in [0.15, 0.2) is 0 Å². The summed E-state index contributed by atoms with van der Waals surface area (Å²) in [6.07, 6.45) is 4.80. The van der Waals surface area contributed by atoms with Crippen LogP contribution >= 0.6 is 0 Å². The standard InChI is InChI=1S/2C11H15N.C2H6/c1-2-9-3-4-10-5-6-12-8-11(10)7-9;1-2-3-9-4-5-10-7-12-8-11(10)6-9;1-2/h3-4,7,12H,2,5-6,8H2,1H3;4-6,12H,2-3,7-8H2,1H3;1-2H3. The van der Waals surface area contributed by atoms with Crippen LogP contribution in [0.5, 0.6) is 0 Å². The molecule has 0 atom stereocenters. The Morgan fingerprint density at radius 3 is 2.12 bits per heavy atom. The third-order valence-corrected chi connectivity index (χ3v) is 5.01. The molecule has 2 heteroatoms. The van der Waals surface area contributed by atoms with Gasteiger partial charge in [-0.1, -0.05) is 70.5 Å². The van der Waals surface area contributed by atoms with E-state index in [0.29, 0.717) is 0 Å². The Labute approximate surface area is 160 Å². The molecule has 0 spiro atoms. The number of fused-ring (bicyclic) bond motifs is 2. The second-order valence-electron chi connectivity index (χ2n) is 6.84. The SMILES string of the molecule is CC.CCCc1ccc2c(c1)CNC2.CCc1ccc2c(c1)CNCC2. The number of hydrogen-bond donors (Lipinski definition) is 2. The lowest BCUT2D eigenvalue weighted by Gasteiger charge is -2.17. The van der Waals surface area contributed by atoms with Gasteiger partial charge in [-0.15, -0.1) is 0 Å². The zero-order valence-electron chi connectivity index (χ0n) is 17.1. The molecule has 0 aromatic heterocycles. The summed E-state index contributed by atoms with van der Waals surface area (Å²) in [5, 5.41) is 6.75. The third-order valence-electron chi connectivity index (χ3n) is 5.01. The number of aryl methyl sites for hydroxylation is 2. The second-order valence-corrected chi connectivity index (χ2v) is 6.84. The fourth-order valence-electron chi connectivity index (χ4n) is 3.55. The topological polar surface area (TPSA) is 24.1 Å². The van der Waals surface area contributed by atoms with Gasteiger partial charge in [-0.3, -0.25) is 0 Å². The molecule has 2 aromatic carbocycles. The summed E-state index contributed by atoms with van der Waals surface area (Å²) < 4.78 is 0. The van der Waals surface area contributed by atoms with Gasteiger partial charge >= 0.3 is 0 Å². The summed E-state index contributed by atoms with van der Waals surface area (Å²) in [4.78, 5) is 0. The first-order valence-corrected chi connectivity index (χ1v) is 10.4. The molecule has 2 aromatic rings. The molecular weight excluding hydrogens is 316 g/mol. The molecule has 2 heterocycles. The van der Waals surface area contributed by atoms with Gasteiger partial charge in [-0.25, -0.2) is 0 Å². The highest BCUT2D eigenvalue weighted by Crippen LogP contribution is 2.18. The van der Waals surface area contributed by atoms with E-state index in [1.165, 1.54) is 52.6 Å². The molecular formula is C24H36N2. The van der Waals surface area contributed by atoms with Crippen LogP contribution in [0.15, 0.2) is 36.4 Å². The van der Waals surface area contributed by atoms with Crippen LogP contribution in [0, 0.1) is 0 Å². The van der Waals surface area contributed by atoms with Crippen molar-refractivity contribution in [2.75, 3.05) is 6.54 Å². The number of hydrogen-bond acceptors (Lipinski definition) is 2. The predicted molar refractivity (Wildman–Crippen MR) is 114 cm³/mol. The largest absolute Gasteiger partial charge is 0.312 e. The fourth-order valence-corrected chi connectivity index (χ4v) is 3.55. The highest BCUT2D eigenvalue weighted by molar-refractivity contribution is 5.35. The maximum atomic E-state index is 3.39. The average molecular weight is 353 g/mol. The van der Waals surface area contributed by atoms with Crippen molar-refractivity contribution in [1.82, 2.24) is 10.6 Å².